The lowest BCUT2D eigenvalue weighted by atomic mass is 10.1. The molecule has 0 aliphatic carbocycles. The summed E-state index contributed by atoms with van der Waals surface area (Å²) in [5.41, 5.74) is 8.69. The maximum atomic E-state index is 10.9. The van der Waals surface area contributed by atoms with Gasteiger partial charge >= 0.3 is 0 Å². The maximum Gasteiger partial charge on any atom is 0.223 e. The molecular weight excluding hydrogens is 202 g/mol. The van der Waals surface area contributed by atoms with Crippen LogP contribution in [0.4, 0.5) is 0 Å². The maximum absolute atomic E-state index is 10.9. The second-order valence-corrected chi connectivity index (χ2v) is 4.32. The van der Waals surface area contributed by atoms with Crippen LogP contribution in [-0.4, -0.2) is 12.5 Å². The summed E-state index contributed by atoms with van der Waals surface area (Å²) >= 11 is 0. The lowest BCUT2D eigenvalue weighted by Crippen LogP contribution is -2.25. The summed E-state index contributed by atoms with van der Waals surface area (Å²) in [5.74, 6) is 0.235. The van der Waals surface area contributed by atoms with Gasteiger partial charge in [0.15, 0.2) is 0 Å². The van der Waals surface area contributed by atoms with E-state index >= 15 is 0 Å². The summed E-state index contributed by atoms with van der Waals surface area (Å²) in [7, 11) is 0. The number of hydrogen-bond donors (Lipinski definition) is 1. The van der Waals surface area contributed by atoms with Crippen LogP contribution >= 0.6 is 0 Å². The molecule has 0 radical (unpaired) electrons. The number of rotatable bonds is 4. The zero-order valence-electron chi connectivity index (χ0n) is 10.3. The third kappa shape index (κ3) is 2.99. The Bertz CT molecular complexity index is 399. The summed E-state index contributed by atoms with van der Waals surface area (Å²) < 4.78 is 5.59. The Balaban J connectivity index is 2.74. The molecule has 0 aromatic heterocycles. The van der Waals surface area contributed by atoms with E-state index in [1.165, 1.54) is 11.1 Å². The highest BCUT2D eigenvalue weighted by atomic mass is 16.5. The van der Waals surface area contributed by atoms with Crippen LogP contribution < -0.4 is 10.5 Å². The third-order valence-electron chi connectivity index (χ3n) is 2.77. The average Bonchev–Trinajstić information content (AvgIpc) is 2.20. The van der Waals surface area contributed by atoms with Crippen molar-refractivity contribution in [1.82, 2.24) is 0 Å². The van der Waals surface area contributed by atoms with Gasteiger partial charge in [0.25, 0.3) is 0 Å². The van der Waals surface area contributed by atoms with E-state index in [0.717, 1.165) is 11.3 Å². The van der Waals surface area contributed by atoms with Crippen LogP contribution in [0.5, 0.6) is 5.75 Å². The van der Waals surface area contributed by atoms with Crippen molar-refractivity contribution in [2.24, 2.45) is 11.7 Å². The lowest BCUT2D eigenvalue weighted by molar-refractivity contribution is -0.122. The summed E-state index contributed by atoms with van der Waals surface area (Å²) in [6.07, 6.45) is 0. The van der Waals surface area contributed by atoms with Gasteiger partial charge in [-0.25, -0.2) is 0 Å². The molecular formula is C13H19NO2. The van der Waals surface area contributed by atoms with E-state index in [1.54, 1.807) is 6.92 Å². The molecule has 0 aliphatic heterocycles. The van der Waals surface area contributed by atoms with Gasteiger partial charge in [-0.1, -0.05) is 13.0 Å². The molecule has 1 unspecified atom stereocenters. The minimum Gasteiger partial charge on any atom is -0.492 e. The molecule has 2 N–H and O–H groups in total. The van der Waals surface area contributed by atoms with Gasteiger partial charge in [0, 0.05) is 0 Å². The number of primary amides is 1. The molecule has 3 nitrogen and oxygen atoms in total. The van der Waals surface area contributed by atoms with E-state index in [2.05, 4.69) is 13.0 Å². The summed E-state index contributed by atoms with van der Waals surface area (Å²) in [5, 5.41) is 0. The van der Waals surface area contributed by atoms with E-state index < -0.39 is 0 Å². The highest BCUT2D eigenvalue weighted by Crippen LogP contribution is 2.22. The average molecular weight is 221 g/mol. The number of carbonyl (C=O) groups is 1. The summed E-state index contributed by atoms with van der Waals surface area (Å²) in [6.45, 7) is 8.20. The fourth-order valence-electron chi connectivity index (χ4n) is 1.39. The number of carbonyl (C=O) groups excluding carboxylic acids is 1. The number of hydrogen-bond acceptors (Lipinski definition) is 2. The molecule has 1 amide bonds. The Labute approximate surface area is 96.6 Å². The smallest absolute Gasteiger partial charge is 0.223 e. The fraction of sp³-hybridized carbons (Fsp3) is 0.462. The second-order valence-electron chi connectivity index (χ2n) is 4.32. The van der Waals surface area contributed by atoms with E-state index in [0.29, 0.717) is 6.61 Å². The number of benzene rings is 1. The first-order valence-electron chi connectivity index (χ1n) is 5.41. The molecule has 1 aromatic rings. The Morgan fingerprint density at radius 1 is 1.25 bits per heavy atom. The first kappa shape index (κ1) is 12.6. The van der Waals surface area contributed by atoms with Crippen LogP contribution in [0.1, 0.15) is 23.6 Å². The van der Waals surface area contributed by atoms with E-state index in [-0.39, 0.29) is 11.8 Å². The Morgan fingerprint density at radius 3 is 2.38 bits per heavy atom. The number of aryl methyl sites for hydroxylation is 3. The predicted octanol–water partition coefficient (Wildman–Crippen LogP) is 2.11. The lowest BCUT2D eigenvalue weighted by Gasteiger charge is -2.13. The normalized spacial score (nSPS) is 12.2. The van der Waals surface area contributed by atoms with Crippen molar-refractivity contribution in [2.45, 2.75) is 27.7 Å². The van der Waals surface area contributed by atoms with Gasteiger partial charge in [0.1, 0.15) is 5.75 Å². The molecule has 88 valence electrons. The highest BCUT2D eigenvalue weighted by Gasteiger charge is 2.10. The second kappa shape index (κ2) is 5.01. The standard InChI is InChI=1S/C13H19NO2/c1-8-5-10(3)12(6-9(8)2)16-7-11(4)13(14)15/h5-6,11H,7H2,1-4H3,(H2,14,15). The fourth-order valence-corrected chi connectivity index (χ4v) is 1.39. The van der Waals surface area contributed by atoms with Gasteiger partial charge in [-0.15, -0.1) is 0 Å². The highest BCUT2D eigenvalue weighted by molar-refractivity contribution is 5.76. The zero-order valence-corrected chi connectivity index (χ0v) is 10.3. The molecule has 0 aliphatic rings. The molecule has 0 saturated heterocycles. The van der Waals surface area contributed by atoms with Crippen molar-refractivity contribution in [3.63, 3.8) is 0 Å². The molecule has 3 heteroatoms. The SMILES string of the molecule is Cc1cc(C)c(OCC(C)C(N)=O)cc1C. The molecule has 16 heavy (non-hydrogen) atoms. The van der Waals surface area contributed by atoms with Crippen LogP contribution in [-0.2, 0) is 4.79 Å². The first-order chi connectivity index (χ1) is 7.41. The van der Waals surface area contributed by atoms with Gasteiger partial charge in [0.05, 0.1) is 12.5 Å². The quantitative estimate of drug-likeness (QED) is 0.846. The predicted molar refractivity (Wildman–Crippen MR) is 64.5 cm³/mol. The van der Waals surface area contributed by atoms with Crippen LogP contribution in [0.3, 0.4) is 0 Å². The van der Waals surface area contributed by atoms with Gasteiger partial charge in [-0.3, -0.25) is 4.79 Å². The molecule has 0 bridgehead atoms. The third-order valence-corrected chi connectivity index (χ3v) is 2.77. The van der Waals surface area contributed by atoms with Crippen LogP contribution in [0.2, 0.25) is 0 Å². The number of nitrogens with two attached hydrogens (primary N) is 1. The molecule has 0 heterocycles. The van der Waals surface area contributed by atoms with Crippen molar-refractivity contribution in [1.29, 1.82) is 0 Å². The minimum absolute atomic E-state index is 0.263. The molecule has 1 aromatic carbocycles. The summed E-state index contributed by atoms with van der Waals surface area (Å²) in [4.78, 5) is 10.9. The molecule has 0 saturated carbocycles. The van der Waals surface area contributed by atoms with E-state index in [9.17, 15) is 4.79 Å². The van der Waals surface area contributed by atoms with Crippen LogP contribution in [0, 0.1) is 26.7 Å². The van der Waals surface area contributed by atoms with Gasteiger partial charge in [-0.05, 0) is 43.5 Å². The van der Waals surface area contributed by atoms with Crippen molar-refractivity contribution < 1.29 is 9.53 Å². The Kier molecular flexibility index (Phi) is 3.93. The number of ether oxygens (including phenoxy) is 1. The van der Waals surface area contributed by atoms with Crippen LogP contribution in [0.15, 0.2) is 12.1 Å². The topological polar surface area (TPSA) is 52.3 Å². The van der Waals surface area contributed by atoms with Crippen molar-refractivity contribution in [3.8, 4) is 5.75 Å². The van der Waals surface area contributed by atoms with E-state index in [4.69, 9.17) is 10.5 Å². The van der Waals surface area contributed by atoms with Crippen molar-refractivity contribution in [2.75, 3.05) is 6.61 Å². The van der Waals surface area contributed by atoms with Gasteiger partial charge in [0.2, 0.25) is 5.91 Å². The number of amides is 1. The monoisotopic (exact) mass is 221 g/mol. The molecule has 0 fully saturated rings. The molecule has 1 atom stereocenters. The minimum atomic E-state index is -0.332. The van der Waals surface area contributed by atoms with Crippen molar-refractivity contribution >= 4 is 5.91 Å². The Morgan fingerprint density at radius 2 is 1.81 bits per heavy atom. The summed E-state index contributed by atoms with van der Waals surface area (Å²) in [6, 6.07) is 4.08. The first-order valence-corrected chi connectivity index (χ1v) is 5.41. The Hall–Kier alpha value is -1.51. The van der Waals surface area contributed by atoms with Crippen LogP contribution in [0.25, 0.3) is 0 Å². The molecule has 0 spiro atoms. The van der Waals surface area contributed by atoms with Gasteiger partial charge < -0.3 is 10.5 Å². The van der Waals surface area contributed by atoms with Gasteiger partial charge in [-0.2, -0.15) is 0 Å². The largest absolute Gasteiger partial charge is 0.492 e. The van der Waals surface area contributed by atoms with E-state index in [1.807, 2.05) is 19.9 Å². The van der Waals surface area contributed by atoms with Crippen molar-refractivity contribution in [3.05, 3.63) is 28.8 Å². The zero-order chi connectivity index (χ0) is 12.3. The molecule has 1 rings (SSSR count).